The number of rotatable bonds is 4. The third kappa shape index (κ3) is 3.74. The number of aromatic nitrogens is 1. The summed E-state index contributed by atoms with van der Waals surface area (Å²) >= 11 is 9.72. The van der Waals surface area contributed by atoms with Gasteiger partial charge in [-0.05, 0) is 44.3 Å². The molecular weight excluding hydrogens is 460 g/mol. The van der Waals surface area contributed by atoms with Crippen LogP contribution in [0.5, 0.6) is 0 Å². The van der Waals surface area contributed by atoms with Crippen LogP contribution in [0.25, 0.3) is 11.3 Å². The summed E-state index contributed by atoms with van der Waals surface area (Å²) in [5.41, 5.74) is 2.02. The predicted octanol–water partition coefficient (Wildman–Crippen LogP) is 6.21. The molecule has 2 aromatic heterocycles. The molecule has 0 aliphatic heterocycles. The van der Waals surface area contributed by atoms with Gasteiger partial charge in [-0.25, -0.2) is 4.98 Å². The maximum absolute atomic E-state index is 12.3. The van der Waals surface area contributed by atoms with E-state index in [1.807, 2.05) is 30.3 Å². The van der Waals surface area contributed by atoms with Crippen molar-refractivity contribution in [2.45, 2.75) is 13.3 Å². The molecule has 0 bridgehead atoms. The monoisotopic (exact) mass is 470 g/mol. The molecule has 0 atom stereocenters. The molecular formula is C16H12Br2N2OS2. The maximum atomic E-state index is 12.3. The molecule has 1 amide bonds. The van der Waals surface area contributed by atoms with E-state index >= 15 is 0 Å². The topological polar surface area (TPSA) is 42.0 Å². The number of halogens is 2. The second-order valence-electron chi connectivity index (χ2n) is 4.70. The molecule has 1 aromatic carbocycles. The van der Waals surface area contributed by atoms with Gasteiger partial charge in [-0.1, -0.05) is 37.3 Å². The van der Waals surface area contributed by atoms with E-state index in [1.165, 1.54) is 27.6 Å². The SMILES string of the molecule is CCc1sc(NC(=O)c2cc(Br)c(Br)s2)nc1-c1ccccc1. The lowest BCUT2D eigenvalue weighted by molar-refractivity contribution is 0.103. The number of benzene rings is 1. The molecule has 0 spiro atoms. The number of aryl methyl sites for hydroxylation is 1. The van der Waals surface area contributed by atoms with Crippen molar-refractivity contribution in [2.24, 2.45) is 0 Å². The van der Waals surface area contributed by atoms with E-state index in [9.17, 15) is 4.79 Å². The standard InChI is InChI=1S/C16H12Br2N2OS2/c1-2-11-13(9-6-4-3-5-7-9)19-16(23-11)20-15(21)12-8-10(17)14(18)22-12/h3-8H,2H2,1H3,(H,19,20,21). The van der Waals surface area contributed by atoms with Gasteiger partial charge in [0.05, 0.1) is 14.4 Å². The number of amides is 1. The highest BCUT2D eigenvalue weighted by Gasteiger charge is 2.16. The van der Waals surface area contributed by atoms with Gasteiger partial charge in [0.25, 0.3) is 5.91 Å². The van der Waals surface area contributed by atoms with E-state index in [-0.39, 0.29) is 5.91 Å². The minimum Gasteiger partial charge on any atom is -0.297 e. The molecule has 7 heteroatoms. The van der Waals surface area contributed by atoms with Crippen LogP contribution < -0.4 is 5.32 Å². The van der Waals surface area contributed by atoms with Gasteiger partial charge in [0, 0.05) is 14.9 Å². The summed E-state index contributed by atoms with van der Waals surface area (Å²) in [6.45, 7) is 2.10. The lowest BCUT2D eigenvalue weighted by Crippen LogP contribution is -2.09. The Bertz CT molecular complexity index is 824. The van der Waals surface area contributed by atoms with Crippen LogP contribution in [0.4, 0.5) is 5.13 Å². The highest BCUT2D eigenvalue weighted by atomic mass is 79.9. The Kier molecular flexibility index (Phi) is 5.31. The molecule has 118 valence electrons. The van der Waals surface area contributed by atoms with Gasteiger partial charge >= 0.3 is 0 Å². The van der Waals surface area contributed by atoms with Crippen LogP contribution in [0.2, 0.25) is 0 Å². The summed E-state index contributed by atoms with van der Waals surface area (Å²) in [4.78, 5) is 18.8. The first-order valence-electron chi connectivity index (χ1n) is 6.89. The Morgan fingerprint density at radius 1 is 1.22 bits per heavy atom. The lowest BCUT2D eigenvalue weighted by atomic mass is 10.1. The highest BCUT2D eigenvalue weighted by molar-refractivity contribution is 9.13. The molecule has 3 nitrogen and oxygen atoms in total. The van der Waals surface area contributed by atoms with Crippen molar-refractivity contribution in [3.63, 3.8) is 0 Å². The van der Waals surface area contributed by atoms with E-state index in [0.717, 1.165) is 25.9 Å². The second-order valence-corrected chi connectivity index (χ2v) is 9.00. The third-order valence-electron chi connectivity index (χ3n) is 3.16. The van der Waals surface area contributed by atoms with Crippen LogP contribution >= 0.6 is 54.5 Å². The van der Waals surface area contributed by atoms with E-state index in [2.05, 4.69) is 49.1 Å². The van der Waals surface area contributed by atoms with Gasteiger partial charge in [0.2, 0.25) is 0 Å². The molecule has 0 aliphatic carbocycles. The van der Waals surface area contributed by atoms with Crippen molar-refractivity contribution < 1.29 is 4.79 Å². The van der Waals surface area contributed by atoms with Crippen molar-refractivity contribution in [1.82, 2.24) is 4.98 Å². The second kappa shape index (κ2) is 7.25. The molecule has 0 radical (unpaired) electrons. The average molecular weight is 472 g/mol. The molecule has 3 aromatic rings. The van der Waals surface area contributed by atoms with Crippen LogP contribution in [0, 0.1) is 0 Å². The van der Waals surface area contributed by atoms with Crippen LogP contribution in [0.15, 0.2) is 44.7 Å². The minimum atomic E-state index is -0.141. The van der Waals surface area contributed by atoms with Crippen LogP contribution in [0.1, 0.15) is 21.5 Å². The summed E-state index contributed by atoms with van der Waals surface area (Å²) in [7, 11) is 0. The zero-order chi connectivity index (χ0) is 16.4. The molecule has 0 saturated heterocycles. The van der Waals surface area contributed by atoms with Gasteiger partial charge < -0.3 is 0 Å². The first-order valence-corrected chi connectivity index (χ1v) is 10.1. The van der Waals surface area contributed by atoms with E-state index in [4.69, 9.17) is 0 Å². The Labute approximate surface area is 159 Å². The predicted molar refractivity (Wildman–Crippen MR) is 105 cm³/mol. The minimum absolute atomic E-state index is 0.141. The smallest absolute Gasteiger partial charge is 0.267 e. The van der Waals surface area contributed by atoms with Crippen molar-refractivity contribution in [2.75, 3.05) is 5.32 Å². The number of carbonyl (C=O) groups excluding carboxylic acids is 1. The highest BCUT2D eigenvalue weighted by Crippen LogP contribution is 2.34. The van der Waals surface area contributed by atoms with E-state index in [1.54, 1.807) is 6.07 Å². The van der Waals surface area contributed by atoms with Gasteiger partial charge in [-0.2, -0.15) is 0 Å². The Hall–Kier alpha value is -1.02. The molecule has 1 N–H and O–H groups in total. The number of hydrogen-bond donors (Lipinski definition) is 1. The number of thiophene rings is 1. The lowest BCUT2D eigenvalue weighted by Gasteiger charge is -1.99. The van der Waals surface area contributed by atoms with E-state index < -0.39 is 0 Å². The van der Waals surface area contributed by atoms with Crippen molar-refractivity contribution >= 4 is 65.6 Å². The number of hydrogen-bond acceptors (Lipinski definition) is 4. The van der Waals surface area contributed by atoms with E-state index in [0.29, 0.717) is 10.0 Å². The van der Waals surface area contributed by atoms with Crippen LogP contribution in [0.3, 0.4) is 0 Å². The first-order chi connectivity index (χ1) is 11.1. The molecule has 0 saturated carbocycles. The molecule has 3 rings (SSSR count). The first kappa shape index (κ1) is 16.8. The number of anilines is 1. The normalized spacial score (nSPS) is 10.7. The quantitative estimate of drug-likeness (QED) is 0.491. The van der Waals surface area contributed by atoms with Crippen LogP contribution in [-0.4, -0.2) is 10.9 Å². The number of nitrogens with zero attached hydrogens (tertiary/aromatic N) is 1. The average Bonchev–Trinajstić information content (AvgIpc) is 3.12. The van der Waals surface area contributed by atoms with Crippen molar-refractivity contribution in [3.05, 3.63) is 54.4 Å². The molecule has 2 heterocycles. The Morgan fingerprint density at radius 3 is 2.57 bits per heavy atom. The molecule has 23 heavy (non-hydrogen) atoms. The fraction of sp³-hybridized carbons (Fsp3) is 0.125. The summed E-state index contributed by atoms with van der Waals surface area (Å²) < 4.78 is 1.78. The Balaban J connectivity index is 1.86. The van der Waals surface area contributed by atoms with Crippen molar-refractivity contribution in [1.29, 1.82) is 0 Å². The summed E-state index contributed by atoms with van der Waals surface area (Å²) in [6.07, 6.45) is 0.883. The molecule has 0 aliphatic rings. The summed E-state index contributed by atoms with van der Waals surface area (Å²) in [6, 6.07) is 11.8. The summed E-state index contributed by atoms with van der Waals surface area (Å²) in [5.74, 6) is -0.141. The molecule has 0 fully saturated rings. The number of nitrogens with one attached hydrogen (secondary N) is 1. The van der Waals surface area contributed by atoms with Gasteiger partial charge in [-0.3, -0.25) is 10.1 Å². The fourth-order valence-electron chi connectivity index (χ4n) is 2.08. The zero-order valence-electron chi connectivity index (χ0n) is 12.1. The third-order valence-corrected chi connectivity index (χ3v) is 7.53. The van der Waals surface area contributed by atoms with Gasteiger partial charge in [-0.15, -0.1) is 22.7 Å². The molecule has 0 unspecified atom stereocenters. The zero-order valence-corrected chi connectivity index (χ0v) is 16.9. The van der Waals surface area contributed by atoms with Gasteiger partial charge in [0.1, 0.15) is 0 Å². The largest absolute Gasteiger partial charge is 0.297 e. The van der Waals surface area contributed by atoms with Gasteiger partial charge in [0.15, 0.2) is 5.13 Å². The van der Waals surface area contributed by atoms with Crippen molar-refractivity contribution in [3.8, 4) is 11.3 Å². The fourth-order valence-corrected chi connectivity index (χ4v) is 4.93. The Morgan fingerprint density at radius 2 is 1.96 bits per heavy atom. The number of carbonyl (C=O) groups is 1. The van der Waals surface area contributed by atoms with Crippen LogP contribution in [-0.2, 0) is 6.42 Å². The maximum Gasteiger partial charge on any atom is 0.267 e. The number of thiazole rings is 1. The summed E-state index contributed by atoms with van der Waals surface area (Å²) in [5, 5.41) is 3.53.